The van der Waals surface area contributed by atoms with Crippen molar-refractivity contribution < 1.29 is 24.5 Å². The molecule has 0 bridgehead atoms. The van der Waals surface area contributed by atoms with Crippen molar-refractivity contribution in [3.05, 3.63) is 24.3 Å². The molecule has 0 radical (unpaired) electrons. The predicted molar refractivity (Wildman–Crippen MR) is 393 cm³/mol. The van der Waals surface area contributed by atoms with Crippen LogP contribution < -0.4 is 5.32 Å². The van der Waals surface area contributed by atoms with Gasteiger partial charge in [-0.05, 0) is 57.8 Å². The van der Waals surface area contributed by atoms with Crippen molar-refractivity contribution in [2.45, 2.75) is 482 Å². The van der Waals surface area contributed by atoms with Crippen LogP contribution in [0.25, 0.3) is 0 Å². The number of unbranched alkanes of at least 4 members (excludes halogenated alkanes) is 65. The molecule has 0 heterocycles. The highest BCUT2D eigenvalue weighted by molar-refractivity contribution is 5.76. The fraction of sp³-hybridized carbons (Fsp3) is 0.928. The zero-order valence-electron chi connectivity index (χ0n) is 60.7. The average molecular weight is 1250 g/mol. The Labute approximate surface area is 558 Å². The van der Waals surface area contributed by atoms with Gasteiger partial charge in [0, 0.05) is 12.8 Å². The quantitative estimate of drug-likeness (QED) is 0.0320. The van der Waals surface area contributed by atoms with Crippen molar-refractivity contribution in [3.63, 3.8) is 0 Å². The Kier molecular flexibility index (Phi) is 77.3. The van der Waals surface area contributed by atoms with Crippen LogP contribution in [0.1, 0.15) is 470 Å². The standard InChI is InChI=1S/C83H161NO5/c1-3-5-7-9-11-13-15-17-19-21-41-44-47-51-55-59-63-67-71-75-81(86)80(79-85)84-82(87)76-72-68-64-60-56-52-48-45-42-39-37-35-33-31-29-27-25-23-22-24-26-28-30-32-34-36-38-40-43-46-50-54-58-62-66-70-74-78-89-83(88)77-73-69-65-61-57-53-49-20-18-16-14-12-10-8-6-4-2/h22,24,71,75,80-81,85-86H,3-21,23,25-70,72-74,76-79H2,1-2H3,(H,84,87)/b24-22-,75-71+. The molecule has 0 fully saturated rings. The predicted octanol–water partition coefficient (Wildman–Crippen LogP) is 27.2. The number of allylic oxidation sites excluding steroid dienone is 3. The van der Waals surface area contributed by atoms with Gasteiger partial charge >= 0.3 is 5.97 Å². The summed E-state index contributed by atoms with van der Waals surface area (Å²) in [5.41, 5.74) is 0. The second-order valence-corrected chi connectivity index (χ2v) is 28.5. The molecule has 0 rings (SSSR count). The van der Waals surface area contributed by atoms with E-state index in [-0.39, 0.29) is 18.5 Å². The molecule has 528 valence electrons. The van der Waals surface area contributed by atoms with Crippen LogP contribution in [0.15, 0.2) is 24.3 Å². The summed E-state index contributed by atoms with van der Waals surface area (Å²) >= 11 is 0. The molecule has 6 heteroatoms. The summed E-state index contributed by atoms with van der Waals surface area (Å²) in [6, 6.07) is -0.625. The molecule has 2 atom stereocenters. The van der Waals surface area contributed by atoms with Crippen LogP contribution in [0.4, 0.5) is 0 Å². The fourth-order valence-corrected chi connectivity index (χ4v) is 13.2. The van der Waals surface area contributed by atoms with Crippen molar-refractivity contribution in [1.82, 2.24) is 5.32 Å². The Morgan fingerprint density at radius 3 is 0.798 bits per heavy atom. The van der Waals surface area contributed by atoms with Gasteiger partial charge in [-0.25, -0.2) is 0 Å². The number of carbonyl (C=O) groups is 2. The minimum atomic E-state index is -0.842. The van der Waals surface area contributed by atoms with E-state index in [1.165, 1.54) is 405 Å². The summed E-state index contributed by atoms with van der Waals surface area (Å²) in [5.74, 6) is -0.0337. The number of rotatable bonds is 78. The smallest absolute Gasteiger partial charge is 0.305 e. The molecular formula is C83H161NO5. The van der Waals surface area contributed by atoms with Crippen molar-refractivity contribution in [3.8, 4) is 0 Å². The Morgan fingerprint density at radius 1 is 0.303 bits per heavy atom. The molecule has 0 saturated carbocycles. The Hall–Kier alpha value is -1.66. The van der Waals surface area contributed by atoms with Gasteiger partial charge in [0.1, 0.15) is 0 Å². The molecule has 2 unspecified atom stereocenters. The van der Waals surface area contributed by atoms with E-state index in [4.69, 9.17) is 4.74 Å². The lowest BCUT2D eigenvalue weighted by Crippen LogP contribution is -2.45. The number of ether oxygens (including phenoxy) is 1. The van der Waals surface area contributed by atoms with Gasteiger partial charge in [-0.15, -0.1) is 0 Å². The van der Waals surface area contributed by atoms with Crippen molar-refractivity contribution in [2.24, 2.45) is 0 Å². The molecule has 3 N–H and O–H groups in total. The molecule has 0 aliphatic rings. The third kappa shape index (κ3) is 75.3. The van der Waals surface area contributed by atoms with E-state index >= 15 is 0 Å². The van der Waals surface area contributed by atoms with Crippen LogP contribution in [-0.4, -0.2) is 47.4 Å². The van der Waals surface area contributed by atoms with Crippen LogP contribution in [0, 0.1) is 0 Å². The first-order chi connectivity index (χ1) is 44.0. The van der Waals surface area contributed by atoms with Crippen LogP contribution in [0.3, 0.4) is 0 Å². The first-order valence-corrected chi connectivity index (χ1v) is 41.1. The minimum Gasteiger partial charge on any atom is -0.466 e. The molecule has 6 nitrogen and oxygen atoms in total. The number of aliphatic hydroxyl groups excluding tert-OH is 2. The second kappa shape index (κ2) is 78.8. The van der Waals surface area contributed by atoms with Gasteiger partial charge in [-0.1, -0.05) is 423 Å². The van der Waals surface area contributed by atoms with Gasteiger partial charge in [-0.2, -0.15) is 0 Å². The van der Waals surface area contributed by atoms with Crippen molar-refractivity contribution in [1.29, 1.82) is 0 Å². The highest BCUT2D eigenvalue weighted by Gasteiger charge is 2.18. The van der Waals surface area contributed by atoms with Crippen molar-refractivity contribution >= 4 is 11.9 Å². The summed E-state index contributed by atoms with van der Waals surface area (Å²) in [6.07, 6.45) is 102. The zero-order valence-corrected chi connectivity index (χ0v) is 60.7. The normalized spacial score (nSPS) is 12.5. The summed E-state index contributed by atoms with van der Waals surface area (Å²) in [5, 5.41) is 23.3. The lowest BCUT2D eigenvalue weighted by atomic mass is 10.0. The lowest BCUT2D eigenvalue weighted by molar-refractivity contribution is -0.143. The molecule has 0 aromatic heterocycles. The monoisotopic (exact) mass is 1250 g/mol. The maximum absolute atomic E-state index is 12.5. The molecule has 89 heavy (non-hydrogen) atoms. The van der Waals surface area contributed by atoms with E-state index in [1.807, 2.05) is 6.08 Å². The van der Waals surface area contributed by atoms with Crippen LogP contribution >= 0.6 is 0 Å². The Morgan fingerprint density at radius 2 is 0.528 bits per heavy atom. The third-order valence-electron chi connectivity index (χ3n) is 19.5. The molecule has 0 aromatic rings. The van der Waals surface area contributed by atoms with E-state index < -0.39 is 12.1 Å². The largest absolute Gasteiger partial charge is 0.466 e. The summed E-state index contributed by atoms with van der Waals surface area (Å²) in [4.78, 5) is 24.6. The third-order valence-corrected chi connectivity index (χ3v) is 19.5. The molecule has 0 aliphatic heterocycles. The van der Waals surface area contributed by atoms with Gasteiger partial charge in [0.2, 0.25) is 5.91 Å². The number of aliphatic hydroxyl groups is 2. The zero-order chi connectivity index (χ0) is 64.2. The van der Waals surface area contributed by atoms with Gasteiger partial charge in [0.05, 0.1) is 25.4 Å². The SMILES string of the molecule is CCCCCCCCCCCCCCCCCCC/C=C/C(O)C(CO)NC(=O)CCCCCCCCCCCCCCCCCCC/C=C\CCCCCCCCCCCCCCCCCCOC(=O)CCCCCCCCCCCCCCCCCC. The first kappa shape index (κ1) is 87.3. The van der Waals surface area contributed by atoms with Gasteiger partial charge in [0.15, 0.2) is 0 Å². The number of carbonyl (C=O) groups excluding carboxylic acids is 2. The van der Waals surface area contributed by atoms with E-state index in [0.29, 0.717) is 19.4 Å². The highest BCUT2D eigenvalue weighted by atomic mass is 16.5. The van der Waals surface area contributed by atoms with Gasteiger partial charge < -0.3 is 20.3 Å². The number of amides is 1. The molecule has 0 aliphatic carbocycles. The fourth-order valence-electron chi connectivity index (χ4n) is 13.2. The number of hydrogen-bond acceptors (Lipinski definition) is 5. The van der Waals surface area contributed by atoms with Gasteiger partial charge in [-0.3, -0.25) is 9.59 Å². The lowest BCUT2D eigenvalue weighted by Gasteiger charge is -2.20. The Bertz CT molecular complexity index is 1400. The number of hydrogen-bond donors (Lipinski definition) is 3. The molecule has 0 saturated heterocycles. The molecule has 0 aromatic carbocycles. The molecule has 0 spiro atoms. The second-order valence-electron chi connectivity index (χ2n) is 28.5. The van der Waals surface area contributed by atoms with E-state index in [9.17, 15) is 19.8 Å². The highest BCUT2D eigenvalue weighted by Crippen LogP contribution is 2.20. The Balaban J connectivity index is 3.34. The number of esters is 1. The topological polar surface area (TPSA) is 95.9 Å². The van der Waals surface area contributed by atoms with E-state index in [2.05, 4.69) is 31.3 Å². The number of nitrogens with one attached hydrogen (secondary N) is 1. The van der Waals surface area contributed by atoms with Gasteiger partial charge in [0.25, 0.3) is 0 Å². The van der Waals surface area contributed by atoms with E-state index in [1.54, 1.807) is 6.08 Å². The van der Waals surface area contributed by atoms with Crippen molar-refractivity contribution in [2.75, 3.05) is 13.2 Å². The minimum absolute atomic E-state index is 0.0258. The van der Waals surface area contributed by atoms with Crippen LogP contribution in [0.2, 0.25) is 0 Å². The molecular weight excluding hydrogens is 1090 g/mol. The summed E-state index contributed by atoms with van der Waals surface area (Å²) < 4.78 is 5.51. The van der Waals surface area contributed by atoms with Crippen LogP contribution in [-0.2, 0) is 14.3 Å². The average Bonchev–Trinajstić information content (AvgIpc) is 3.59. The summed E-state index contributed by atoms with van der Waals surface area (Å²) in [6.45, 7) is 4.96. The maximum atomic E-state index is 12.5. The summed E-state index contributed by atoms with van der Waals surface area (Å²) in [7, 11) is 0. The van der Waals surface area contributed by atoms with E-state index in [0.717, 1.165) is 38.5 Å². The van der Waals surface area contributed by atoms with Crippen LogP contribution in [0.5, 0.6) is 0 Å². The maximum Gasteiger partial charge on any atom is 0.305 e. The first-order valence-electron chi connectivity index (χ1n) is 41.1. The molecule has 1 amide bonds.